The van der Waals surface area contributed by atoms with Crippen LogP contribution >= 0.6 is 11.3 Å². The Morgan fingerprint density at radius 1 is 1.31 bits per heavy atom. The molecular formula is C11H9F2NOS. The summed E-state index contributed by atoms with van der Waals surface area (Å²) in [5.74, 6) is -1.78. The fraction of sp³-hybridized carbons (Fsp3) is 0.182. The number of aliphatic hydroxyl groups is 1. The third kappa shape index (κ3) is 2.43. The van der Waals surface area contributed by atoms with E-state index in [9.17, 15) is 13.9 Å². The highest BCUT2D eigenvalue weighted by molar-refractivity contribution is 7.07. The second kappa shape index (κ2) is 4.67. The number of rotatable bonds is 3. The lowest BCUT2D eigenvalue weighted by Crippen LogP contribution is -2.02. The zero-order valence-electron chi connectivity index (χ0n) is 8.23. The van der Waals surface area contributed by atoms with Gasteiger partial charge in [0.15, 0.2) is 11.6 Å². The molecule has 2 aromatic rings. The van der Waals surface area contributed by atoms with Gasteiger partial charge in [-0.1, -0.05) is 6.07 Å². The number of nitrogens with zero attached hydrogens (tertiary/aromatic N) is 1. The molecule has 0 amide bonds. The van der Waals surface area contributed by atoms with E-state index in [1.165, 1.54) is 17.4 Å². The first-order chi connectivity index (χ1) is 7.66. The van der Waals surface area contributed by atoms with Gasteiger partial charge in [0.25, 0.3) is 0 Å². The molecule has 84 valence electrons. The Kier molecular flexibility index (Phi) is 3.26. The van der Waals surface area contributed by atoms with E-state index >= 15 is 0 Å². The molecule has 0 radical (unpaired) electrons. The summed E-state index contributed by atoms with van der Waals surface area (Å²) in [6, 6.07) is 3.59. The van der Waals surface area contributed by atoms with Crippen molar-refractivity contribution in [3.05, 3.63) is 52.0 Å². The number of halogens is 2. The van der Waals surface area contributed by atoms with Crippen LogP contribution in [0.3, 0.4) is 0 Å². The minimum atomic E-state index is -0.900. The minimum Gasteiger partial charge on any atom is -0.386 e. The molecule has 1 aromatic heterocycles. The summed E-state index contributed by atoms with van der Waals surface area (Å²) in [5.41, 5.74) is 2.71. The molecular weight excluding hydrogens is 232 g/mol. The van der Waals surface area contributed by atoms with E-state index < -0.39 is 17.7 Å². The van der Waals surface area contributed by atoms with Crippen LogP contribution in [0.25, 0.3) is 0 Å². The molecule has 0 fully saturated rings. The largest absolute Gasteiger partial charge is 0.386 e. The normalized spacial score (nSPS) is 12.7. The predicted molar refractivity (Wildman–Crippen MR) is 57.1 cm³/mol. The average Bonchev–Trinajstić information content (AvgIpc) is 2.77. The van der Waals surface area contributed by atoms with Crippen molar-refractivity contribution in [1.82, 2.24) is 4.98 Å². The molecule has 1 atom stereocenters. The number of aliphatic hydroxyl groups excluding tert-OH is 1. The van der Waals surface area contributed by atoms with Crippen molar-refractivity contribution in [2.75, 3.05) is 0 Å². The van der Waals surface area contributed by atoms with E-state index in [0.29, 0.717) is 11.3 Å². The highest BCUT2D eigenvalue weighted by Gasteiger charge is 2.11. The van der Waals surface area contributed by atoms with Crippen LogP contribution in [0.5, 0.6) is 0 Å². The van der Waals surface area contributed by atoms with E-state index in [2.05, 4.69) is 4.98 Å². The van der Waals surface area contributed by atoms with Gasteiger partial charge in [-0.05, 0) is 17.7 Å². The van der Waals surface area contributed by atoms with E-state index in [1.54, 1.807) is 10.9 Å². The molecule has 0 bridgehead atoms. The van der Waals surface area contributed by atoms with Gasteiger partial charge < -0.3 is 5.11 Å². The van der Waals surface area contributed by atoms with Crippen LogP contribution in [0, 0.1) is 11.6 Å². The predicted octanol–water partition coefficient (Wildman–Crippen LogP) is 2.70. The van der Waals surface area contributed by atoms with Crippen molar-refractivity contribution in [2.24, 2.45) is 0 Å². The first kappa shape index (κ1) is 11.2. The van der Waals surface area contributed by atoms with Crippen LogP contribution < -0.4 is 0 Å². The van der Waals surface area contributed by atoms with Crippen molar-refractivity contribution in [2.45, 2.75) is 12.5 Å². The third-order valence-corrected chi connectivity index (χ3v) is 2.81. The SMILES string of the molecule is OC(Cc1ccc(F)c(F)c1)c1cscn1. The second-order valence-corrected chi connectivity index (χ2v) is 4.10. The number of benzene rings is 1. The fourth-order valence-corrected chi connectivity index (χ4v) is 1.98. The highest BCUT2D eigenvalue weighted by atomic mass is 32.1. The first-order valence-corrected chi connectivity index (χ1v) is 5.61. The Hall–Kier alpha value is -1.33. The van der Waals surface area contributed by atoms with E-state index in [-0.39, 0.29) is 6.42 Å². The molecule has 0 spiro atoms. The Labute approximate surface area is 95.2 Å². The van der Waals surface area contributed by atoms with Gasteiger partial charge in [0, 0.05) is 11.8 Å². The molecule has 16 heavy (non-hydrogen) atoms. The molecule has 1 N–H and O–H groups in total. The molecule has 0 aliphatic rings. The lowest BCUT2D eigenvalue weighted by molar-refractivity contribution is 0.174. The van der Waals surface area contributed by atoms with Gasteiger partial charge >= 0.3 is 0 Å². The maximum atomic E-state index is 12.9. The standard InChI is InChI=1S/C11H9F2NOS/c12-8-2-1-7(3-9(8)13)4-11(15)10-5-16-6-14-10/h1-3,5-6,11,15H,4H2. The van der Waals surface area contributed by atoms with Gasteiger partial charge in [0.1, 0.15) is 6.10 Å². The summed E-state index contributed by atoms with van der Waals surface area (Å²) >= 11 is 1.38. The number of hydrogen-bond acceptors (Lipinski definition) is 3. The maximum Gasteiger partial charge on any atom is 0.159 e. The summed E-state index contributed by atoms with van der Waals surface area (Å²) in [6.45, 7) is 0. The Morgan fingerprint density at radius 2 is 2.12 bits per heavy atom. The first-order valence-electron chi connectivity index (χ1n) is 4.67. The van der Waals surface area contributed by atoms with Gasteiger partial charge in [-0.3, -0.25) is 0 Å². The lowest BCUT2D eigenvalue weighted by atomic mass is 10.1. The smallest absolute Gasteiger partial charge is 0.159 e. The lowest BCUT2D eigenvalue weighted by Gasteiger charge is -2.07. The highest BCUT2D eigenvalue weighted by Crippen LogP contribution is 2.19. The monoisotopic (exact) mass is 241 g/mol. The molecule has 1 aromatic carbocycles. The Bertz CT molecular complexity index is 473. The van der Waals surface area contributed by atoms with Gasteiger partial charge in [0.2, 0.25) is 0 Å². The minimum absolute atomic E-state index is 0.223. The number of aromatic nitrogens is 1. The van der Waals surface area contributed by atoms with Crippen LogP contribution in [-0.4, -0.2) is 10.1 Å². The average molecular weight is 241 g/mol. The van der Waals surface area contributed by atoms with Gasteiger partial charge in [-0.25, -0.2) is 13.8 Å². The van der Waals surface area contributed by atoms with Crippen LogP contribution in [-0.2, 0) is 6.42 Å². The van der Waals surface area contributed by atoms with Crippen LogP contribution in [0.1, 0.15) is 17.4 Å². The van der Waals surface area contributed by atoms with E-state index in [1.807, 2.05) is 0 Å². The molecule has 0 aliphatic heterocycles. The molecule has 2 rings (SSSR count). The van der Waals surface area contributed by atoms with E-state index in [4.69, 9.17) is 0 Å². The fourth-order valence-electron chi connectivity index (χ4n) is 1.38. The summed E-state index contributed by atoms with van der Waals surface area (Å²) < 4.78 is 25.6. The summed E-state index contributed by atoms with van der Waals surface area (Å²) in [7, 11) is 0. The molecule has 1 heterocycles. The summed E-state index contributed by atoms with van der Waals surface area (Å²) in [6.07, 6.45) is -0.558. The van der Waals surface area contributed by atoms with Crippen molar-refractivity contribution in [1.29, 1.82) is 0 Å². The topological polar surface area (TPSA) is 33.1 Å². The maximum absolute atomic E-state index is 12.9. The van der Waals surface area contributed by atoms with Crippen molar-refractivity contribution in [3.8, 4) is 0 Å². The van der Waals surface area contributed by atoms with E-state index in [0.717, 1.165) is 12.1 Å². The Balaban J connectivity index is 2.12. The quantitative estimate of drug-likeness (QED) is 0.896. The third-order valence-electron chi connectivity index (χ3n) is 2.21. The molecule has 0 saturated heterocycles. The number of thiazole rings is 1. The van der Waals surface area contributed by atoms with Crippen LogP contribution in [0.15, 0.2) is 29.1 Å². The zero-order chi connectivity index (χ0) is 11.5. The summed E-state index contributed by atoms with van der Waals surface area (Å²) in [5, 5.41) is 11.5. The van der Waals surface area contributed by atoms with Gasteiger partial charge in [-0.15, -0.1) is 11.3 Å². The molecule has 1 unspecified atom stereocenters. The second-order valence-electron chi connectivity index (χ2n) is 3.38. The van der Waals surface area contributed by atoms with Crippen molar-refractivity contribution >= 4 is 11.3 Å². The molecule has 0 aliphatic carbocycles. The molecule has 0 saturated carbocycles. The zero-order valence-corrected chi connectivity index (χ0v) is 9.05. The van der Waals surface area contributed by atoms with Gasteiger partial charge in [0.05, 0.1) is 11.2 Å². The summed E-state index contributed by atoms with van der Waals surface area (Å²) in [4.78, 5) is 3.95. The van der Waals surface area contributed by atoms with Gasteiger partial charge in [-0.2, -0.15) is 0 Å². The Morgan fingerprint density at radius 3 is 2.75 bits per heavy atom. The van der Waals surface area contributed by atoms with Crippen molar-refractivity contribution < 1.29 is 13.9 Å². The number of hydrogen-bond donors (Lipinski definition) is 1. The van der Waals surface area contributed by atoms with Crippen LogP contribution in [0.4, 0.5) is 8.78 Å². The molecule has 2 nitrogen and oxygen atoms in total. The van der Waals surface area contributed by atoms with Crippen LogP contribution in [0.2, 0.25) is 0 Å². The van der Waals surface area contributed by atoms with Crippen molar-refractivity contribution in [3.63, 3.8) is 0 Å². The molecule has 5 heteroatoms.